The molecule has 1 aromatic heterocycles. The van der Waals surface area contributed by atoms with Gasteiger partial charge in [-0.2, -0.15) is 0 Å². The van der Waals surface area contributed by atoms with Crippen LogP contribution in [-0.4, -0.2) is 35.7 Å². The minimum atomic E-state index is -0.370. The molecular weight excluding hydrogens is 450 g/mol. The number of nitrogens with zero attached hydrogens (tertiary/aromatic N) is 3. The van der Waals surface area contributed by atoms with Gasteiger partial charge in [-0.15, -0.1) is 0 Å². The van der Waals surface area contributed by atoms with Crippen LogP contribution in [0.1, 0.15) is 44.2 Å². The molecule has 0 unspecified atom stereocenters. The molecule has 0 saturated heterocycles. The number of rotatable bonds is 12. The lowest BCUT2D eigenvalue weighted by Gasteiger charge is -2.23. The molecule has 3 rings (SSSR count). The fourth-order valence-electron chi connectivity index (χ4n) is 3.62. The Hall–Kier alpha value is -3.12. The standard InChI is InChI=1S/C27H32ClN3O3/c1-4-6-7-16-31(27-29-15-14-24(30-27)22-9-11-23(28)12-10-22)18-21-8-13-25(20(3)17-21)34-19-26(32)33-5-2/h8-15,17H,4-7,16,18-19H2,1-3H3. The van der Waals surface area contributed by atoms with Gasteiger partial charge in [0.1, 0.15) is 5.75 Å². The summed E-state index contributed by atoms with van der Waals surface area (Å²) in [6, 6.07) is 15.6. The summed E-state index contributed by atoms with van der Waals surface area (Å²) in [5.74, 6) is 1.00. The van der Waals surface area contributed by atoms with E-state index in [2.05, 4.69) is 22.9 Å². The van der Waals surface area contributed by atoms with Gasteiger partial charge in [0.2, 0.25) is 5.95 Å². The van der Waals surface area contributed by atoms with Crippen LogP contribution in [0.5, 0.6) is 5.75 Å². The van der Waals surface area contributed by atoms with Gasteiger partial charge in [0.05, 0.1) is 12.3 Å². The van der Waals surface area contributed by atoms with E-state index in [4.69, 9.17) is 26.1 Å². The normalized spacial score (nSPS) is 10.7. The van der Waals surface area contributed by atoms with Gasteiger partial charge in [-0.3, -0.25) is 0 Å². The molecule has 0 spiro atoms. The number of hydrogen-bond donors (Lipinski definition) is 0. The maximum atomic E-state index is 11.6. The van der Waals surface area contributed by atoms with Crippen molar-refractivity contribution in [1.29, 1.82) is 0 Å². The Bertz CT molecular complexity index is 1070. The number of aryl methyl sites for hydroxylation is 1. The molecule has 0 aliphatic carbocycles. The third-order valence-corrected chi connectivity index (χ3v) is 5.61. The SMILES string of the molecule is CCCCCN(Cc1ccc(OCC(=O)OCC)c(C)c1)c1nccc(-c2ccc(Cl)cc2)n1. The van der Waals surface area contributed by atoms with Crippen molar-refractivity contribution in [3.05, 3.63) is 70.9 Å². The summed E-state index contributed by atoms with van der Waals surface area (Å²) in [7, 11) is 0. The van der Waals surface area contributed by atoms with Crippen LogP contribution in [0.4, 0.5) is 5.95 Å². The van der Waals surface area contributed by atoms with E-state index in [0.717, 1.165) is 48.2 Å². The molecule has 0 aliphatic heterocycles. The highest BCUT2D eigenvalue weighted by Crippen LogP contribution is 2.24. The van der Waals surface area contributed by atoms with Crippen molar-refractivity contribution < 1.29 is 14.3 Å². The van der Waals surface area contributed by atoms with E-state index in [1.807, 2.05) is 49.4 Å². The number of carbonyl (C=O) groups is 1. The molecule has 0 aliphatic rings. The van der Waals surface area contributed by atoms with E-state index in [9.17, 15) is 4.79 Å². The summed E-state index contributed by atoms with van der Waals surface area (Å²) in [5.41, 5.74) is 3.95. The van der Waals surface area contributed by atoms with Crippen LogP contribution in [-0.2, 0) is 16.1 Å². The first-order valence-electron chi connectivity index (χ1n) is 11.7. The second-order valence-electron chi connectivity index (χ2n) is 8.07. The number of halogens is 1. The lowest BCUT2D eigenvalue weighted by atomic mass is 10.1. The third kappa shape index (κ3) is 7.45. The van der Waals surface area contributed by atoms with Crippen LogP contribution in [0.25, 0.3) is 11.3 Å². The van der Waals surface area contributed by atoms with Crippen LogP contribution in [0.15, 0.2) is 54.7 Å². The summed E-state index contributed by atoms with van der Waals surface area (Å²) in [6.07, 6.45) is 5.15. The van der Waals surface area contributed by atoms with Crippen molar-refractivity contribution in [3.8, 4) is 17.0 Å². The van der Waals surface area contributed by atoms with Crippen LogP contribution < -0.4 is 9.64 Å². The average Bonchev–Trinajstić information content (AvgIpc) is 2.84. The van der Waals surface area contributed by atoms with Crippen molar-refractivity contribution in [2.24, 2.45) is 0 Å². The summed E-state index contributed by atoms with van der Waals surface area (Å²) in [4.78, 5) is 23.2. The zero-order valence-corrected chi connectivity index (χ0v) is 20.8. The second kappa shape index (κ2) is 12.9. The van der Waals surface area contributed by atoms with Crippen LogP contribution in [0, 0.1) is 6.92 Å². The summed E-state index contributed by atoms with van der Waals surface area (Å²) in [6.45, 7) is 7.73. The smallest absolute Gasteiger partial charge is 0.344 e. The molecule has 34 heavy (non-hydrogen) atoms. The number of anilines is 1. The van der Waals surface area contributed by atoms with Crippen molar-refractivity contribution >= 4 is 23.5 Å². The fourth-order valence-corrected chi connectivity index (χ4v) is 3.74. The molecule has 0 saturated carbocycles. The van der Waals surface area contributed by atoms with Gasteiger partial charge in [0, 0.05) is 29.9 Å². The number of ether oxygens (including phenoxy) is 2. The van der Waals surface area contributed by atoms with Gasteiger partial charge in [-0.25, -0.2) is 14.8 Å². The van der Waals surface area contributed by atoms with E-state index < -0.39 is 0 Å². The van der Waals surface area contributed by atoms with Crippen LogP contribution in [0.2, 0.25) is 5.02 Å². The summed E-state index contributed by atoms with van der Waals surface area (Å²) < 4.78 is 10.6. The van der Waals surface area contributed by atoms with Crippen LogP contribution >= 0.6 is 11.6 Å². The highest BCUT2D eigenvalue weighted by atomic mass is 35.5. The molecule has 0 radical (unpaired) electrons. The predicted octanol–water partition coefficient (Wildman–Crippen LogP) is 6.24. The molecule has 0 bridgehead atoms. The van der Waals surface area contributed by atoms with Crippen molar-refractivity contribution in [1.82, 2.24) is 9.97 Å². The molecule has 7 heteroatoms. The van der Waals surface area contributed by atoms with Gasteiger partial charge in [-0.05, 0) is 55.7 Å². The topological polar surface area (TPSA) is 64.5 Å². The predicted molar refractivity (Wildman–Crippen MR) is 136 cm³/mol. The van der Waals surface area contributed by atoms with E-state index in [1.165, 1.54) is 0 Å². The fraction of sp³-hybridized carbons (Fsp3) is 0.370. The van der Waals surface area contributed by atoms with Gasteiger partial charge < -0.3 is 14.4 Å². The molecule has 0 N–H and O–H groups in total. The van der Waals surface area contributed by atoms with Crippen molar-refractivity contribution in [2.45, 2.75) is 46.6 Å². The highest BCUT2D eigenvalue weighted by molar-refractivity contribution is 6.30. The Labute approximate surface area is 206 Å². The molecule has 0 fully saturated rings. The van der Waals surface area contributed by atoms with E-state index in [0.29, 0.717) is 29.9 Å². The number of benzene rings is 2. The Kier molecular flexibility index (Phi) is 9.71. The zero-order valence-electron chi connectivity index (χ0n) is 20.1. The molecule has 0 atom stereocenters. The molecule has 2 aromatic carbocycles. The van der Waals surface area contributed by atoms with Crippen LogP contribution in [0.3, 0.4) is 0 Å². The second-order valence-corrected chi connectivity index (χ2v) is 8.51. The lowest BCUT2D eigenvalue weighted by Crippen LogP contribution is -2.26. The van der Waals surface area contributed by atoms with Crippen molar-refractivity contribution in [3.63, 3.8) is 0 Å². The first kappa shape index (κ1) is 25.5. The van der Waals surface area contributed by atoms with Gasteiger partial charge in [-0.1, -0.05) is 55.6 Å². The van der Waals surface area contributed by atoms with Gasteiger partial charge in [0.25, 0.3) is 0 Å². The largest absolute Gasteiger partial charge is 0.482 e. The Morgan fingerprint density at radius 1 is 1.06 bits per heavy atom. The number of esters is 1. The molecule has 3 aromatic rings. The minimum Gasteiger partial charge on any atom is -0.482 e. The highest BCUT2D eigenvalue weighted by Gasteiger charge is 2.13. The van der Waals surface area contributed by atoms with E-state index >= 15 is 0 Å². The van der Waals surface area contributed by atoms with Gasteiger partial charge >= 0.3 is 5.97 Å². The number of hydrogen-bond acceptors (Lipinski definition) is 6. The molecule has 180 valence electrons. The first-order valence-corrected chi connectivity index (χ1v) is 12.1. The zero-order chi connectivity index (χ0) is 24.3. The molecule has 1 heterocycles. The average molecular weight is 482 g/mol. The number of unbranched alkanes of at least 4 members (excludes halogenated alkanes) is 2. The first-order chi connectivity index (χ1) is 16.5. The number of carbonyl (C=O) groups excluding carboxylic acids is 1. The maximum absolute atomic E-state index is 11.6. The quantitative estimate of drug-likeness (QED) is 0.225. The van der Waals surface area contributed by atoms with E-state index in [1.54, 1.807) is 13.1 Å². The summed E-state index contributed by atoms with van der Waals surface area (Å²) in [5, 5.41) is 0.698. The summed E-state index contributed by atoms with van der Waals surface area (Å²) >= 11 is 6.04. The van der Waals surface area contributed by atoms with Crippen molar-refractivity contribution in [2.75, 3.05) is 24.7 Å². The minimum absolute atomic E-state index is 0.0947. The molecule has 6 nitrogen and oxygen atoms in total. The maximum Gasteiger partial charge on any atom is 0.344 e. The Balaban J connectivity index is 1.77. The Morgan fingerprint density at radius 2 is 1.85 bits per heavy atom. The molecule has 0 amide bonds. The van der Waals surface area contributed by atoms with E-state index in [-0.39, 0.29) is 12.6 Å². The third-order valence-electron chi connectivity index (χ3n) is 5.36. The Morgan fingerprint density at radius 3 is 2.56 bits per heavy atom. The monoisotopic (exact) mass is 481 g/mol. The number of aromatic nitrogens is 2. The van der Waals surface area contributed by atoms with Gasteiger partial charge in [0.15, 0.2) is 6.61 Å². The molecular formula is C27H32ClN3O3. The lowest BCUT2D eigenvalue weighted by molar-refractivity contribution is -0.145.